The van der Waals surface area contributed by atoms with E-state index in [-0.39, 0.29) is 0 Å². The van der Waals surface area contributed by atoms with Gasteiger partial charge in [0.05, 0.1) is 0 Å². The van der Waals surface area contributed by atoms with Crippen molar-refractivity contribution in [3.05, 3.63) is 10.6 Å². The molecule has 1 aliphatic carbocycles. The maximum atomic E-state index is 2.17. The lowest BCUT2D eigenvalue weighted by Gasteiger charge is -2.48. The molecule has 4 saturated heterocycles. The van der Waals surface area contributed by atoms with E-state index >= 15 is 0 Å². The summed E-state index contributed by atoms with van der Waals surface area (Å²) in [6.07, 6.45) is 23.7. The minimum Gasteiger partial charge on any atom is -0.0731 e. The lowest BCUT2D eigenvalue weighted by Crippen LogP contribution is -2.28. The van der Waals surface area contributed by atoms with E-state index in [2.05, 4.69) is 10.6 Å². The first kappa shape index (κ1) is 15.8. The van der Waals surface area contributed by atoms with E-state index in [4.69, 9.17) is 0 Å². The SMILES string of the molecule is C1CC(P2C3CCCC2CCC3)=C(P2C3CCCC2CCC3)C1. The molecular weight excluding hydrogens is 314 g/mol. The zero-order valence-electron chi connectivity index (χ0n) is 14.8. The summed E-state index contributed by atoms with van der Waals surface area (Å²) in [7, 11) is 0.604. The number of hydrogen-bond donors (Lipinski definition) is 0. The summed E-state index contributed by atoms with van der Waals surface area (Å²) < 4.78 is 0. The third-order valence-corrected chi connectivity index (χ3v) is 15.3. The second kappa shape index (κ2) is 6.72. The van der Waals surface area contributed by atoms with Crippen molar-refractivity contribution in [2.75, 3.05) is 0 Å². The Bertz CT molecular complexity index is 396. The summed E-state index contributed by atoms with van der Waals surface area (Å²) in [5.41, 5.74) is 4.67. The van der Waals surface area contributed by atoms with Crippen LogP contribution in [0.4, 0.5) is 0 Å². The van der Waals surface area contributed by atoms with E-state index in [0.717, 1.165) is 0 Å². The fourth-order valence-corrected chi connectivity index (χ4v) is 15.8. The Labute approximate surface area is 145 Å². The smallest absolute Gasteiger partial charge is 0.0169 e. The summed E-state index contributed by atoms with van der Waals surface area (Å²) in [4.78, 5) is 0. The van der Waals surface area contributed by atoms with Crippen molar-refractivity contribution in [3.8, 4) is 0 Å². The molecule has 0 atom stereocenters. The number of hydrogen-bond acceptors (Lipinski definition) is 0. The van der Waals surface area contributed by atoms with E-state index in [0.29, 0.717) is 15.8 Å². The first-order chi connectivity index (χ1) is 11.4. The highest BCUT2D eigenvalue weighted by atomic mass is 31.1. The van der Waals surface area contributed by atoms with Gasteiger partial charge in [-0.1, -0.05) is 41.5 Å². The van der Waals surface area contributed by atoms with Gasteiger partial charge in [-0.15, -0.1) is 0 Å². The van der Waals surface area contributed by atoms with Crippen molar-refractivity contribution in [1.82, 2.24) is 0 Å². The van der Waals surface area contributed by atoms with Crippen LogP contribution in [0.25, 0.3) is 0 Å². The van der Waals surface area contributed by atoms with Crippen molar-refractivity contribution in [1.29, 1.82) is 0 Å². The molecule has 0 nitrogen and oxygen atoms in total. The lowest BCUT2D eigenvalue weighted by molar-refractivity contribution is 0.475. The molecular formula is C21H34P2. The fraction of sp³-hybridized carbons (Fsp3) is 0.905. The Kier molecular flexibility index (Phi) is 4.63. The Morgan fingerprint density at radius 3 is 1.04 bits per heavy atom. The molecule has 4 aliphatic heterocycles. The molecule has 23 heavy (non-hydrogen) atoms. The van der Waals surface area contributed by atoms with Crippen LogP contribution >= 0.6 is 15.8 Å². The highest BCUT2D eigenvalue weighted by Crippen LogP contribution is 2.74. The Morgan fingerprint density at radius 1 is 0.435 bits per heavy atom. The fourth-order valence-electron chi connectivity index (χ4n) is 6.79. The van der Waals surface area contributed by atoms with Gasteiger partial charge in [0.15, 0.2) is 0 Å². The van der Waals surface area contributed by atoms with Crippen molar-refractivity contribution < 1.29 is 0 Å². The second-order valence-corrected chi connectivity index (χ2v) is 14.5. The van der Waals surface area contributed by atoms with Gasteiger partial charge in [-0.05, 0) is 104 Å². The van der Waals surface area contributed by atoms with E-state index in [1.54, 1.807) is 96.3 Å². The summed E-state index contributed by atoms with van der Waals surface area (Å²) in [5.74, 6) is 0. The molecule has 2 heteroatoms. The van der Waals surface area contributed by atoms with Crippen molar-refractivity contribution in [3.63, 3.8) is 0 Å². The van der Waals surface area contributed by atoms with Gasteiger partial charge in [0.1, 0.15) is 0 Å². The molecule has 128 valence electrons. The van der Waals surface area contributed by atoms with Crippen molar-refractivity contribution in [2.45, 2.75) is 119 Å². The van der Waals surface area contributed by atoms with Crippen LogP contribution < -0.4 is 0 Å². The molecule has 5 rings (SSSR count). The van der Waals surface area contributed by atoms with Crippen LogP contribution in [0.5, 0.6) is 0 Å². The van der Waals surface area contributed by atoms with Crippen LogP contribution in [-0.2, 0) is 0 Å². The average molecular weight is 348 g/mol. The third-order valence-electron chi connectivity index (χ3n) is 7.66. The highest BCUT2D eigenvalue weighted by molar-refractivity contribution is 7.68. The van der Waals surface area contributed by atoms with Crippen molar-refractivity contribution in [2.24, 2.45) is 0 Å². The minimum atomic E-state index is 0.302. The molecule has 5 aliphatic rings. The van der Waals surface area contributed by atoms with Crippen LogP contribution in [0.3, 0.4) is 0 Å². The molecule has 0 unspecified atom stereocenters. The monoisotopic (exact) mass is 348 g/mol. The van der Waals surface area contributed by atoms with Gasteiger partial charge < -0.3 is 0 Å². The molecule has 4 bridgehead atoms. The Morgan fingerprint density at radius 2 is 0.739 bits per heavy atom. The number of allylic oxidation sites excluding steroid dienone is 2. The van der Waals surface area contributed by atoms with Crippen molar-refractivity contribution >= 4 is 15.8 Å². The highest BCUT2D eigenvalue weighted by Gasteiger charge is 2.44. The molecule has 0 saturated carbocycles. The average Bonchev–Trinajstić information content (AvgIpc) is 3.02. The minimum absolute atomic E-state index is 0.302. The molecule has 0 aromatic carbocycles. The zero-order chi connectivity index (χ0) is 15.2. The van der Waals surface area contributed by atoms with E-state index in [1.807, 2.05) is 0 Å². The number of fused-ring (bicyclic) bond motifs is 4. The predicted molar refractivity (Wildman–Crippen MR) is 105 cm³/mol. The van der Waals surface area contributed by atoms with Gasteiger partial charge in [-0.2, -0.15) is 0 Å². The lowest BCUT2D eigenvalue weighted by atomic mass is 9.99. The molecule has 0 N–H and O–H groups in total. The van der Waals surface area contributed by atoms with Crippen LogP contribution in [0.15, 0.2) is 10.6 Å². The molecule has 4 heterocycles. The number of rotatable bonds is 2. The standard InChI is InChI=1S/C21H34P2/c1-6-16-8-2-9-17(7-1)22(16)20-14-5-15-21(20)23-18-10-3-11-19(23)13-4-12-18/h16-19H,1-15H2. The van der Waals surface area contributed by atoms with E-state index < -0.39 is 0 Å². The summed E-state index contributed by atoms with van der Waals surface area (Å²) in [6, 6.07) is 0. The van der Waals surface area contributed by atoms with Gasteiger partial charge in [0.25, 0.3) is 0 Å². The van der Waals surface area contributed by atoms with Gasteiger partial charge in [-0.3, -0.25) is 0 Å². The molecule has 0 spiro atoms. The summed E-state index contributed by atoms with van der Waals surface area (Å²) >= 11 is 0. The Hall–Kier alpha value is 0.600. The van der Waals surface area contributed by atoms with Gasteiger partial charge >= 0.3 is 0 Å². The van der Waals surface area contributed by atoms with Crippen LogP contribution in [0.1, 0.15) is 96.3 Å². The van der Waals surface area contributed by atoms with Gasteiger partial charge in [0, 0.05) is 0 Å². The molecule has 0 aromatic rings. The van der Waals surface area contributed by atoms with E-state index in [9.17, 15) is 0 Å². The maximum Gasteiger partial charge on any atom is -0.0169 e. The second-order valence-electron chi connectivity index (χ2n) is 8.90. The first-order valence-corrected chi connectivity index (χ1v) is 13.7. The molecule has 4 fully saturated rings. The maximum absolute atomic E-state index is 2.17. The summed E-state index contributed by atoms with van der Waals surface area (Å²) in [5, 5.41) is 4.33. The van der Waals surface area contributed by atoms with Gasteiger partial charge in [-0.25, -0.2) is 0 Å². The van der Waals surface area contributed by atoms with Crippen LogP contribution in [-0.4, -0.2) is 22.6 Å². The van der Waals surface area contributed by atoms with Gasteiger partial charge in [0.2, 0.25) is 0 Å². The third kappa shape index (κ3) is 2.79. The van der Waals surface area contributed by atoms with E-state index in [1.165, 1.54) is 22.6 Å². The first-order valence-electron chi connectivity index (χ1n) is 10.7. The normalized spacial score (nSPS) is 47.0. The largest absolute Gasteiger partial charge is 0.0731 e. The van der Waals surface area contributed by atoms with Crippen LogP contribution in [0, 0.1) is 0 Å². The zero-order valence-corrected chi connectivity index (χ0v) is 16.6. The summed E-state index contributed by atoms with van der Waals surface area (Å²) in [6.45, 7) is 0. The quantitative estimate of drug-likeness (QED) is 0.452. The topological polar surface area (TPSA) is 0 Å². The predicted octanol–water partition coefficient (Wildman–Crippen LogP) is 7.56. The Balaban J connectivity index is 1.49. The molecule has 0 radical (unpaired) electrons. The molecule has 0 amide bonds. The molecule has 0 aromatic heterocycles. The van der Waals surface area contributed by atoms with Crippen LogP contribution in [0.2, 0.25) is 0 Å².